The van der Waals surface area contributed by atoms with Crippen molar-refractivity contribution in [1.29, 1.82) is 0 Å². The summed E-state index contributed by atoms with van der Waals surface area (Å²) in [5.41, 5.74) is 1.76. The number of aromatic carboxylic acids is 1. The normalized spacial score (nSPS) is 10.4. The highest BCUT2D eigenvalue weighted by Crippen LogP contribution is 2.23. The van der Waals surface area contributed by atoms with Crippen molar-refractivity contribution in [3.63, 3.8) is 0 Å². The summed E-state index contributed by atoms with van der Waals surface area (Å²) in [7, 11) is 0. The highest BCUT2D eigenvalue weighted by atomic mass is 16.5. The minimum Gasteiger partial charge on any atom is -0.477 e. The Labute approximate surface area is 130 Å². The van der Waals surface area contributed by atoms with E-state index in [-0.39, 0.29) is 11.4 Å². The first-order valence-electron chi connectivity index (χ1n) is 7.65. The van der Waals surface area contributed by atoms with Gasteiger partial charge in [-0.05, 0) is 18.6 Å². The summed E-state index contributed by atoms with van der Waals surface area (Å²) in [6.45, 7) is 2.64. The van der Waals surface area contributed by atoms with Crippen molar-refractivity contribution in [2.24, 2.45) is 0 Å². The van der Waals surface area contributed by atoms with Crippen LogP contribution in [0, 0.1) is 0 Å². The smallest absolute Gasteiger partial charge is 0.341 e. The molecule has 4 nitrogen and oxygen atoms in total. The van der Waals surface area contributed by atoms with Crippen LogP contribution < -0.4 is 4.74 Å². The fourth-order valence-electron chi connectivity index (χ4n) is 2.18. The number of hydrogen-bond acceptors (Lipinski definition) is 3. The van der Waals surface area contributed by atoms with E-state index in [2.05, 4.69) is 11.9 Å². The molecule has 0 amide bonds. The molecule has 116 valence electrons. The molecule has 1 heterocycles. The van der Waals surface area contributed by atoms with Crippen LogP contribution in [-0.2, 0) is 0 Å². The summed E-state index contributed by atoms with van der Waals surface area (Å²) in [6, 6.07) is 12.9. The molecule has 0 spiro atoms. The van der Waals surface area contributed by atoms with E-state index in [9.17, 15) is 9.90 Å². The average Bonchev–Trinajstić information content (AvgIpc) is 2.55. The number of ether oxygens (including phenoxy) is 1. The van der Waals surface area contributed by atoms with E-state index in [1.165, 1.54) is 0 Å². The van der Waals surface area contributed by atoms with Crippen molar-refractivity contribution in [2.45, 2.75) is 32.6 Å². The molecule has 2 rings (SSSR count). The summed E-state index contributed by atoms with van der Waals surface area (Å²) < 4.78 is 5.62. The number of aromatic nitrogens is 1. The Balaban J connectivity index is 2.15. The average molecular weight is 299 g/mol. The lowest BCUT2D eigenvalue weighted by molar-refractivity contribution is 0.0691. The van der Waals surface area contributed by atoms with Crippen molar-refractivity contribution < 1.29 is 14.6 Å². The first kappa shape index (κ1) is 16.0. The van der Waals surface area contributed by atoms with E-state index in [4.69, 9.17) is 4.74 Å². The van der Waals surface area contributed by atoms with E-state index >= 15 is 0 Å². The largest absolute Gasteiger partial charge is 0.477 e. The maximum absolute atomic E-state index is 11.3. The molecule has 4 heteroatoms. The van der Waals surface area contributed by atoms with Crippen LogP contribution in [0.15, 0.2) is 42.5 Å². The number of carboxylic acid groups (broad SMARTS) is 1. The molecule has 1 aromatic carbocycles. The van der Waals surface area contributed by atoms with Crippen molar-refractivity contribution in [3.8, 4) is 17.1 Å². The van der Waals surface area contributed by atoms with E-state index in [0.717, 1.165) is 31.2 Å². The molecule has 1 N–H and O–H groups in total. The highest BCUT2D eigenvalue weighted by Gasteiger charge is 2.14. The second-order valence-corrected chi connectivity index (χ2v) is 5.13. The topological polar surface area (TPSA) is 59.4 Å². The van der Waals surface area contributed by atoms with Gasteiger partial charge < -0.3 is 9.84 Å². The second kappa shape index (κ2) is 8.17. The lowest BCUT2D eigenvalue weighted by Crippen LogP contribution is -2.07. The van der Waals surface area contributed by atoms with Crippen LogP contribution in [0.4, 0.5) is 0 Å². The van der Waals surface area contributed by atoms with Gasteiger partial charge in [-0.2, -0.15) is 0 Å². The molecule has 0 saturated carbocycles. The predicted molar refractivity (Wildman–Crippen MR) is 86.3 cm³/mol. The molecule has 0 aliphatic heterocycles. The first-order chi connectivity index (χ1) is 10.7. The van der Waals surface area contributed by atoms with Gasteiger partial charge in [0.1, 0.15) is 5.56 Å². The summed E-state index contributed by atoms with van der Waals surface area (Å²) in [4.78, 5) is 15.7. The number of pyridine rings is 1. The Morgan fingerprint density at radius 1 is 1.09 bits per heavy atom. The van der Waals surface area contributed by atoms with Crippen molar-refractivity contribution in [1.82, 2.24) is 4.98 Å². The van der Waals surface area contributed by atoms with E-state index in [1.807, 2.05) is 30.3 Å². The van der Waals surface area contributed by atoms with Gasteiger partial charge in [-0.15, -0.1) is 0 Å². The predicted octanol–water partition coefficient (Wildman–Crippen LogP) is 4.41. The minimum absolute atomic E-state index is 0.107. The standard InChI is InChI=1S/C18H21NO3/c1-2-3-4-8-13-22-17-15(18(20)21)11-12-16(19-17)14-9-6-5-7-10-14/h5-7,9-12H,2-4,8,13H2,1H3,(H,20,21). The van der Waals surface area contributed by atoms with Gasteiger partial charge in [0, 0.05) is 5.56 Å². The minimum atomic E-state index is -1.02. The third-order valence-corrected chi connectivity index (χ3v) is 3.40. The molecule has 0 bridgehead atoms. The zero-order valence-corrected chi connectivity index (χ0v) is 12.8. The molecule has 0 fully saturated rings. The van der Waals surface area contributed by atoms with Crippen LogP contribution in [0.5, 0.6) is 5.88 Å². The number of rotatable bonds is 8. The van der Waals surface area contributed by atoms with Crippen LogP contribution >= 0.6 is 0 Å². The third kappa shape index (κ3) is 4.32. The zero-order chi connectivity index (χ0) is 15.8. The molecule has 0 unspecified atom stereocenters. The Morgan fingerprint density at radius 2 is 1.86 bits per heavy atom. The van der Waals surface area contributed by atoms with Gasteiger partial charge in [0.05, 0.1) is 12.3 Å². The molecule has 0 aliphatic rings. The zero-order valence-electron chi connectivity index (χ0n) is 12.8. The quantitative estimate of drug-likeness (QED) is 0.734. The Kier molecular flexibility index (Phi) is 5.95. The highest BCUT2D eigenvalue weighted by molar-refractivity contribution is 5.90. The third-order valence-electron chi connectivity index (χ3n) is 3.40. The van der Waals surface area contributed by atoms with Crippen molar-refractivity contribution in [2.75, 3.05) is 6.61 Å². The van der Waals surface area contributed by atoms with Gasteiger partial charge >= 0.3 is 5.97 Å². The van der Waals surface area contributed by atoms with Crippen LogP contribution in [0.3, 0.4) is 0 Å². The summed E-state index contributed by atoms with van der Waals surface area (Å²) in [6.07, 6.45) is 4.30. The van der Waals surface area contributed by atoms with Gasteiger partial charge in [-0.1, -0.05) is 56.5 Å². The summed E-state index contributed by atoms with van der Waals surface area (Å²) in [5, 5.41) is 9.25. The molecule has 0 saturated heterocycles. The van der Waals surface area contributed by atoms with Crippen LogP contribution in [0.25, 0.3) is 11.3 Å². The maximum atomic E-state index is 11.3. The van der Waals surface area contributed by atoms with E-state index in [1.54, 1.807) is 12.1 Å². The number of carboxylic acids is 1. The monoisotopic (exact) mass is 299 g/mol. The Hall–Kier alpha value is -2.36. The van der Waals surface area contributed by atoms with E-state index < -0.39 is 5.97 Å². The second-order valence-electron chi connectivity index (χ2n) is 5.13. The molecule has 2 aromatic rings. The lowest BCUT2D eigenvalue weighted by atomic mass is 10.1. The maximum Gasteiger partial charge on any atom is 0.341 e. The Morgan fingerprint density at radius 3 is 2.55 bits per heavy atom. The number of hydrogen-bond donors (Lipinski definition) is 1. The van der Waals surface area contributed by atoms with E-state index in [0.29, 0.717) is 12.3 Å². The summed E-state index contributed by atoms with van der Waals surface area (Å²) in [5.74, 6) is -0.818. The van der Waals surface area contributed by atoms with Crippen LogP contribution in [-0.4, -0.2) is 22.7 Å². The molecular weight excluding hydrogens is 278 g/mol. The number of benzene rings is 1. The lowest BCUT2D eigenvalue weighted by Gasteiger charge is -2.10. The van der Waals surface area contributed by atoms with Crippen molar-refractivity contribution >= 4 is 5.97 Å². The molecular formula is C18H21NO3. The van der Waals surface area contributed by atoms with Crippen molar-refractivity contribution in [3.05, 3.63) is 48.0 Å². The number of unbranched alkanes of at least 4 members (excludes halogenated alkanes) is 3. The van der Waals surface area contributed by atoms with Gasteiger partial charge in [0.2, 0.25) is 5.88 Å². The SMILES string of the molecule is CCCCCCOc1nc(-c2ccccc2)ccc1C(=O)O. The molecule has 0 aliphatic carbocycles. The molecule has 0 radical (unpaired) electrons. The first-order valence-corrected chi connectivity index (χ1v) is 7.65. The molecule has 1 aromatic heterocycles. The van der Waals surface area contributed by atoms with Gasteiger partial charge in [0.25, 0.3) is 0 Å². The fourth-order valence-corrected chi connectivity index (χ4v) is 2.18. The fraction of sp³-hybridized carbons (Fsp3) is 0.333. The molecule has 0 atom stereocenters. The van der Waals surface area contributed by atoms with Gasteiger partial charge in [0.15, 0.2) is 0 Å². The van der Waals surface area contributed by atoms with Crippen LogP contribution in [0.1, 0.15) is 43.0 Å². The number of carbonyl (C=O) groups is 1. The van der Waals surface area contributed by atoms with Gasteiger partial charge in [-0.25, -0.2) is 9.78 Å². The number of nitrogens with zero attached hydrogens (tertiary/aromatic N) is 1. The summed E-state index contributed by atoms with van der Waals surface area (Å²) >= 11 is 0. The van der Waals surface area contributed by atoms with Crippen LogP contribution in [0.2, 0.25) is 0 Å². The Bertz CT molecular complexity index is 611. The van der Waals surface area contributed by atoms with Gasteiger partial charge in [-0.3, -0.25) is 0 Å². The molecule has 22 heavy (non-hydrogen) atoms.